The number of rotatable bonds is 5. The van der Waals surface area contributed by atoms with Crippen molar-refractivity contribution in [2.75, 3.05) is 11.9 Å². The van der Waals surface area contributed by atoms with Gasteiger partial charge in [-0.15, -0.1) is 10.2 Å². The largest absolute Gasteiger partial charge is 0.371 e. The minimum atomic E-state index is -0.241. The molecule has 29 heavy (non-hydrogen) atoms. The lowest BCUT2D eigenvalue weighted by Crippen LogP contribution is -2.11. The van der Waals surface area contributed by atoms with Crippen LogP contribution in [0, 0.1) is 0 Å². The van der Waals surface area contributed by atoms with Crippen LogP contribution in [0.25, 0.3) is 16.4 Å². The summed E-state index contributed by atoms with van der Waals surface area (Å²) >= 11 is 2.70. The molecule has 0 spiro atoms. The number of aromatic nitrogens is 4. The Labute approximate surface area is 175 Å². The summed E-state index contributed by atoms with van der Waals surface area (Å²) in [5.74, 6) is -0.241. The molecule has 1 amide bonds. The molecule has 7 nitrogen and oxygen atoms in total. The summed E-state index contributed by atoms with van der Waals surface area (Å²) < 4.78 is 7.55. The zero-order valence-electron chi connectivity index (χ0n) is 15.3. The molecule has 1 aliphatic rings. The molecule has 0 saturated carbocycles. The van der Waals surface area contributed by atoms with Gasteiger partial charge in [-0.25, -0.2) is 4.98 Å². The highest BCUT2D eigenvalue weighted by Crippen LogP contribution is 2.34. The molecule has 1 N–H and O–H groups in total. The summed E-state index contributed by atoms with van der Waals surface area (Å²) in [4.78, 5) is 18.3. The Morgan fingerprint density at radius 3 is 2.69 bits per heavy atom. The molecular weight excluding hydrogens is 406 g/mol. The lowest BCUT2D eigenvalue weighted by Gasteiger charge is -2.03. The van der Waals surface area contributed by atoms with Crippen LogP contribution in [-0.4, -0.2) is 32.3 Å². The van der Waals surface area contributed by atoms with Gasteiger partial charge in [0.1, 0.15) is 16.0 Å². The van der Waals surface area contributed by atoms with Crippen LogP contribution in [0.1, 0.15) is 33.6 Å². The Morgan fingerprint density at radius 2 is 1.93 bits per heavy atom. The number of thiazole rings is 1. The van der Waals surface area contributed by atoms with Gasteiger partial charge in [-0.2, -0.15) is 0 Å². The lowest BCUT2D eigenvalue weighted by atomic mass is 10.1. The predicted molar refractivity (Wildman–Crippen MR) is 113 cm³/mol. The van der Waals surface area contributed by atoms with Gasteiger partial charge in [0.2, 0.25) is 5.13 Å². The Morgan fingerprint density at radius 1 is 1.10 bits per heavy atom. The molecule has 4 heterocycles. The monoisotopic (exact) mass is 423 g/mol. The van der Waals surface area contributed by atoms with E-state index in [9.17, 15) is 4.79 Å². The molecule has 5 rings (SSSR count). The van der Waals surface area contributed by atoms with Crippen molar-refractivity contribution in [3.8, 4) is 16.4 Å². The number of benzene rings is 1. The second-order valence-corrected chi connectivity index (χ2v) is 8.52. The normalized spacial score (nSPS) is 16.2. The van der Waals surface area contributed by atoms with Crippen LogP contribution in [0.3, 0.4) is 0 Å². The molecule has 1 aromatic carbocycles. The van der Waals surface area contributed by atoms with Gasteiger partial charge in [0.15, 0.2) is 5.13 Å². The van der Waals surface area contributed by atoms with E-state index in [-0.39, 0.29) is 12.0 Å². The first-order valence-electron chi connectivity index (χ1n) is 9.24. The number of amides is 1. The van der Waals surface area contributed by atoms with E-state index in [1.54, 1.807) is 0 Å². The maximum Gasteiger partial charge on any atom is 0.269 e. The van der Waals surface area contributed by atoms with Crippen molar-refractivity contribution in [3.63, 3.8) is 0 Å². The van der Waals surface area contributed by atoms with Gasteiger partial charge < -0.3 is 9.30 Å². The van der Waals surface area contributed by atoms with Crippen LogP contribution in [0.4, 0.5) is 5.13 Å². The fraction of sp³-hybridized carbons (Fsp3) is 0.200. The maximum atomic E-state index is 13.1. The summed E-state index contributed by atoms with van der Waals surface area (Å²) in [7, 11) is 0. The van der Waals surface area contributed by atoms with Gasteiger partial charge in [0, 0.05) is 24.6 Å². The van der Waals surface area contributed by atoms with Gasteiger partial charge in [-0.3, -0.25) is 10.1 Å². The number of carbonyl (C=O) groups excluding carboxylic acids is 1. The first-order chi connectivity index (χ1) is 14.3. The fourth-order valence-corrected chi connectivity index (χ4v) is 4.94. The van der Waals surface area contributed by atoms with Gasteiger partial charge in [0.05, 0.1) is 5.69 Å². The zero-order chi connectivity index (χ0) is 19.6. The van der Waals surface area contributed by atoms with Crippen LogP contribution in [0.2, 0.25) is 0 Å². The van der Waals surface area contributed by atoms with E-state index in [4.69, 9.17) is 9.72 Å². The summed E-state index contributed by atoms with van der Waals surface area (Å²) in [5, 5.41) is 13.2. The highest BCUT2D eigenvalue weighted by molar-refractivity contribution is 7.17. The minimum absolute atomic E-state index is 0.0122. The maximum absolute atomic E-state index is 13.1. The number of nitrogens with one attached hydrogen (secondary N) is 1. The van der Waals surface area contributed by atoms with E-state index < -0.39 is 0 Å². The molecule has 1 aliphatic heterocycles. The van der Waals surface area contributed by atoms with Crippen molar-refractivity contribution in [2.24, 2.45) is 0 Å². The van der Waals surface area contributed by atoms with Crippen LogP contribution in [-0.2, 0) is 4.74 Å². The highest BCUT2D eigenvalue weighted by Gasteiger charge is 2.24. The Kier molecular flexibility index (Phi) is 4.92. The molecule has 1 fully saturated rings. The van der Waals surface area contributed by atoms with Crippen LogP contribution < -0.4 is 5.32 Å². The molecule has 1 saturated heterocycles. The molecule has 146 valence electrons. The van der Waals surface area contributed by atoms with Gasteiger partial charge in [-0.05, 0) is 25.0 Å². The smallest absolute Gasteiger partial charge is 0.269 e. The molecular formula is C20H17N5O2S2. The third kappa shape index (κ3) is 3.71. The Balaban J connectivity index is 1.45. The first-order valence-corrected chi connectivity index (χ1v) is 10.9. The van der Waals surface area contributed by atoms with Crippen molar-refractivity contribution in [2.45, 2.75) is 18.9 Å². The quantitative estimate of drug-likeness (QED) is 0.509. The summed E-state index contributed by atoms with van der Waals surface area (Å²) in [6.07, 6.45) is 5.77. The standard InChI is InChI=1S/C20H17N5O2S2/c26-17(22-19-24-23-18(29-19)14-9-6-12-27-14)16-15(13-7-2-1-3-8-13)21-20(28-16)25-10-4-5-11-25/h1-5,7-8,10-11,14H,6,9,12H2,(H,22,24,26)/t14-/m1/s1. The fourth-order valence-electron chi connectivity index (χ4n) is 3.17. The van der Waals surface area contributed by atoms with Crippen LogP contribution in [0.15, 0.2) is 54.9 Å². The average Bonchev–Trinajstić information content (AvgIpc) is 3.55. The summed E-state index contributed by atoms with van der Waals surface area (Å²) in [6.45, 7) is 0.745. The summed E-state index contributed by atoms with van der Waals surface area (Å²) in [5.41, 5.74) is 1.55. The molecule has 9 heteroatoms. The average molecular weight is 424 g/mol. The Hall–Kier alpha value is -2.88. The molecule has 0 aliphatic carbocycles. The number of anilines is 1. The van der Waals surface area contributed by atoms with E-state index in [2.05, 4.69) is 15.5 Å². The minimum Gasteiger partial charge on any atom is -0.371 e. The number of ether oxygens (including phenoxy) is 1. The highest BCUT2D eigenvalue weighted by atomic mass is 32.1. The topological polar surface area (TPSA) is 81.9 Å². The van der Waals surface area contributed by atoms with E-state index in [0.717, 1.165) is 35.2 Å². The summed E-state index contributed by atoms with van der Waals surface area (Å²) in [6, 6.07) is 13.6. The van der Waals surface area contributed by atoms with E-state index in [1.807, 2.05) is 59.4 Å². The third-order valence-corrected chi connectivity index (χ3v) is 6.56. The molecule has 3 aromatic heterocycles. The van der Waals surface area contributed by atoms with E-state index >= 15 is 0 Å². The van der Waals surface area contributed by atoms with Crippen molar-refractivity contribution in [3.05, 3.63) is 64.7 Å². The van der Waals surface area contributed by atoms with Crippen LogP contribution in [0.5, 0.6) is 0 Å². The Bertz CT molecular complexity index is 1120. The number of nitrogens with zero attached hydrogens (tertiary/aromatic N) is 4. The van der Waals surface area contributed by atoms with E-state index in [1.165, 1.54) is 22.7 Å². The number of hydrogen-bond donors (Lipinski definition) is 1. The SMILES string of the molecule is O=C(Nc1nnc([C@H]2CCCO2)s1)c1sc(-n2cccc2)nc1-c1ccccc1. The number of carbonyl (C=O) groups is 1. The lowest BCUT2D eigenvalue weighted by molar-refractivity contribution is 0.103. The predicted octanol–water partition coefficient (Wildman–Crippen LogP) is 4.56. The van der Waals surface area contributed by atoms with Crippen molar-refractivity contribution in [1.82, 2.24) is 19.7 Å². The number of hydrogen-bond acceptors (Lipinski definition) is 7. The van der Waals surface area contributed by atoms with Gasteiger partial charge in [-0.1, -0.05) is 53.0 Å². The second kappa shape index (κ2) is 7.86. The third-order valence-electron chi connectivity index (χ3n) is 4.56. The van der Waals surface area contributed by atoms with Crippen molar-refractivity contribution < 1.29 is 9.53 Å². The zero-order valence-corrected chi connectivity index (χ0v) is 16.9. The van der Waals surface area contributed by atoms with Crippen molar-refractivity contribution >= 4 is 33.7 Å². The van der Waals surface area contributed by atoms with Crippen LogP contribution >= 0.6 is 22.7 Å². The van der Waals surface area contributed by atoms with Crippen molar-refractivity contribution in [1.29, 1.82) is 0 Å². The molecule has 0 bridgehead atoms. The first kappa shape index (κ1) is 18.2. The van der Waals surface area contributed by atoms with Gasteiger partial charge >= 0.3 is 0 Å². The van der Waals surface area contributed by atoms with Gasteiger partial charge in [0.25, 0.3) is 5.91 Å². The van der Waals surface area contributed by atoms with E-state index in [0.29, 0.717) is 15.7 Å². The molecule has 0 radical (unpaired) electrons. The second-order valence-electron chi connectivity index (χ2n) is 6.53. The molecule has 1 atom stereocenters. The molecule has 4 aromatic rings. The molecule has 0 unspecified atom stereocenters.